The number of halogens is 1. The van der Waals surface area contributed by atoms with Gasteiger partial charge in [-0.15, -0.1) is 11.6 Å². The summed E-state index contributed by atoms with van der Waals surface area (Å²) in [4.78, 5) is 0. The Labute approximate surface area is 63.6 Å². The highest BCUT2D eigenvalue weighted by Crippen LogP contribution is 2.28. The first-order valence-electron chi connectivity index (χ1n) is 3.74. The lowest BCUT2D eigenvalue weighted by Crippen LogP contribution is -2.16. The molecule has 0 bridgehead atoms. The average Bonchev–Trinajstić information content (AvgIpc) is 1.89. The summed E-state index contributed by atoms with van der Waals surface area (Å²) in [5.41, 5.74) is 0.399. The van der Waals surface area contributed by atoms with Gasteiger partial charge in [-0.3, -0.25) is 0 Å². The Morgan fingerprint density at radius 1 is 1.33 bits per heavy atom. The Bertz CT molecular complexity index is 65.0. The minimum atomic E-state index is 0.399. The molecular formula is C8H17Cl. The first kappa shape index (κ1) is 9.29. The quantitative estimate of drug-likeness (QED) is 0.536. The maximum atomic E-state index is 5.79. The molecule has 0 amide bonds. The molecule has 0 unspecified atom stereocenters. The summed E-state index contributed by atoms with van der Waals surface area (Å²) in [6.45, 7) is 6.67. The largest absolute Gasteiger partial charge is 0.126 e. The average molecular weight is 149 g/mol. The minimum absolute atomic E-state index is 0.399. The van der Waals surface area contributed by atoms with E-state index in [1.807, 2.05) is 0 Å². The summed E-state index contributed by atoms with van der Waals surface area (Å²) < 4.78 is 0. The third kappa shape index (κ3) is 3.10. The van der Waals surface area contributed by atoms with Crippen molar-refractivity contribution in [2.24, 2.45) is 5.41 Å². The van der Waals surface area contributed by atoms with Crippen LogP contribution in [0.5, 0.6) is 0 Å². The van der Waals surface area contributed by atoms with Crippen LogP contribution in [0.15, 0.2) is 0 Å². The third-order valence-electron chi connectivity index (χ3n) is 2.03. The molecule has 0 aliphatic carbocycles. The van der Waals surface area contributed by atoms with Crippen LogP contribution in [-0.2, 0) is 0 Å². The van der Waals surface area contributed by atoms with E-state index >= 15 is 0 Å². The van der Waals surface area contributed by atoms with Crippen LogP contribution in [0.25, 0.3) is 0 Å². The van der Waals surface area contributed by atoms with E-state index in [0.717, 1.165) is 5.88 Å². The summed E-state index contributed by atoms with van der Waals surface area (Å²) >= 11 is 5.79. The zero-order valence-electron chi connectivity index (χ0n) is 6.71. The van der Waals surface area contributed by atoms with E-state index in [9.17, 15) is 0 Å². The molecule has 0 aromatic rings. The standard InChI is InChI=1S/C8H17Cl/c1-4-6-8(3,5-2)7-9/h4-7H2,1-3H3/t8-/m1/s1. The summed E-state index contributed by atoms with van der Waals surface area (Å²) in [6.07, 6.45) is 3.70. The lowest BCUT2D eigenvalue weighted by molar-refractivity contribution is 0.324. The first-order chi connectivity index (χ1) is 4.18. The number of rotatable bonds is 4. The highest BCUT2D eigenvalue weighted by molar-refractivity contribution is 6.18. The van der Waals surface area contributed by atoms with Crippen LogP contribution in [0.1, 0.15) is 40.0 Å². The van der Waals surface area contributed by atoms with Crippen molar-refractivity contribution in [2.45, 2.75) is 40.0 Å². The lowest BCUT2D eigenvalue weighted by Gasteiger charge is -2.24. The lowest BCUT2D eigenvalue weighted by atomic mass is 9.85. The van der Waals surface area contributed by atoms with E-state index in [-0.39, 0.29) is 0 Å². The van der Waals surface area contributed by atoms with E-state index < -0.39 is 0 Å². The SMILES string of the molecule is CCC[C@@](C)(CC)CCl. The molecule has 1 atom stereocenters. The molecule has 0 aromatic heterocycles. The molecular weight excluding hydrogens is 132 g/mol. The maximum Gasteiger partial charge on any atom is 0.0277 e. The predicted molar refractivity (Wildman–Crippen MR) is 44.0 cm³/mol. The zero-order valence-corrected chi connectivity index (χ0v) is 7.46. The molecule has 0 N–H and O–H groups in total. The Morgan fingerprint density at radius 3 is 2.00 bits per heavy atom. The number of hydrogen-bond donors (Lipinski definition) is 0. The van der Waals surface area contributed by atoms with E-state index in [1.165, 1.54) is 19.3 Å². The predicted octanol–water partition coefficient (Wildman–Crippen LogP) is 3.44. The molecule has 0 radical (unpaired) electrons. The summed E-state index contributed by atoms with van der Waals surface area (Å²) in [5, 5.41) is 0. The highest BCUT2D eigenvalue weighted by atomic mass is 35.5. The van der Waals surface area contributed by atoms with Gasteiger partial charge >= 0.3 is 0 Å². The van der Waals surface area contributed by atoms with E-state index in [1.54, 1.807) is 0 Å². The molecule has 0 heterocycles. The van der Waals surface area contributed by atoms with Crippen molar-refractivity contribution >= 4 is 11.6 Å². The summed E-state index contributed by atoms with van der Waals surface area (Å²) in [7, 11) is 0. The van der Waals surface area contributed by atoms with Crippen molar-refractivity contribution in [1.29, 1.82) is 0 Å². The molecule has 0 nitrogen and oxygen atoms in total. The van der Waals surface area contributed by atoms with Gasteiger partial charge in [-0.1, -0.05) is 27.2 Å². The van der Waals surface area contributed by atoms with Crippen LogP contribution in [0.3, 0.4) is 0 Å². The van der Waals surface area contributed by atoms with Gasteiger partial charge in [0.1, 0.15) is 0 Å². The second-order valence-corrected chi connectivity index (χ2v) is 3.32. The van der Waals surface area contributed by atoms with Crippen molar-refractivity contribution in [1.82, 2.24) is 0 Å². The molecule has 0 saturated heterocycles. The van der Waals surface area contributed by atoms with Crippen molar-refractivity contribution in [3.8, 4) is 0 Å². The fourth-order valence-corrected chi connectivity index (χ4v) is 1.26. The monoisotopic (exact) mass is 148 g/mol. The number of alkyl halides is 1. The van der Waals surface area contributed by atoms with Crippen LogP contribution in [0.2, 0.25) is 0 Å². The highest BCUT2D eigenvalue weighted by Gasteiger charge is 2.18. The Kier molecular flexibility index (Phi) is 4.29. The van der Waals surface area contributed by atoms with Crippen molar-refractivity contribution < 1.29 is 0 Å². The Morgan fingerprint density at radius 2 is 1.89 bits per heavy atom. The maximum absolute atomic E-state index is 5.79. The second-order valence-electron chi connectivity index (χ2n) is 3.05. The first-order valence-corrected chi connectivity index (χ1v) is 4.28. The van der Waals surface area contributed by atoms with Crippen LogP contribution in [0.4, 0.5) is 0 Å². The Hall–Kier alpha value is 0.290. The Balaban J connectivity index is 3.62. The van der Waals surface area contributed by atoms with Gasteiger partial charge in [0.05, 0.1) is 0 Å². The van der Waals surface area contributed by atoms with Gasteiger partial charge in [0.15, 0.2) is 0 Å². The van der Waals surface area contributed by atoms with Crippen molar-refractivity contribution in [2.75, 3.05) is 5.88 Å². The minimum Gasteiger partial charge on any atom is -0.126 e. The van der Waals surface area contributed by atoms with Gasteiger partial charge in [0, 0.05) is 5.88 Å². The van der Waals surface area contributed by atoms with E-state index in [4.69, 9.17) is 11.6 Å². The van der Waals surface area contributed by atoms with Gasteiger partial charge in [0.25, 0.3) is 0 Å². The molecule has 0 saturated carbocycles. The molecule has 0 aliphatic heterocycles. The molecule has 0 rings (SSSR count). The van der Waals surface area contributed by atoms with E-state index in [2.05, 4.69) is 20.8 Å². The summed E-state index contributed by atoms with van der Waals surface area (Å²) in [5.74, 6) is 0.803. The van der Waals surface area contributed by atoms with Gasteiger partial charge in [0.2, 0.25) is 0 Å². The molecule has 0 aliphatic rings. The van der Waals surface area contributed by atoms with Crippen molar-refractivity contribution in [3.05, 3.63) is 0 Å². The van der Waals surface area contributed by atoms with Gasteiger partial charge in [-0.05, 0) is 18.3 Å². The molecule has 9 heavy (non-hydrogen) atoms. The van der Waals surface area contributed by atoms with Crippen LogP contribution >= 0.6 is 11.6 Å². The van der Waals surface area contributed by atoms with Crippen LogP contribution < -0.4 is 0 Å². The topological polar surface area (TPSA) is 0 Å². The van der Waals surface area contributed by atoms with E-state index in [0.29, 0.717) is 5.41 Å². The smallest absolute Gasteiger partial charge is 0.0277 e. The fraction of sp³-hybridized carbons (Fsp3) is 1.00. The van der Waals surface area contributed by atoms with Gasteiger partial charge in [-0.25, -0.2) is 0 Å². The van der Waals surface area contributed by atoms with Gasteiger partial charge in [-0.2, -0.15) is 0 Å². The molecule has 0 aromatic carbocycles. The molecule has 0 fully saturated rings. The van der Waals surface area contributed by atoms with Gasteiger partial charge < -0.3 is 0 Å². The van der Waals surface area contributed by atoms with Crippen molar-refractivity contribution in [3.63, 3.8) is 0 Å². The van der Waals surface area contributed by atoms with Crippen LogP contribution in [0, 0.1) is 5.41 Å². The summed E-state index contributed by atoms with van der Waals surface area (Å²) in [6, 6.07) is 0. The molecule has 0 spiro atoms. The fourth-order valence-electron chi connectivity index (χ4n) is 0.942. The second kappa shape index (κ2) is 4.16. The normalized spacial score (nSPS) is 17.3. The van der Waals surface area contributed by atoms with Crippen LogP contribution in [-0.4, -0.2) is 5.88 Å². The number of hydrogen-bond acceptors (Lipinski definition) is 0. The third-order valence-corrected chi connectivity index (χ3v) is 2.67. The molecule has 1 heteroatoms. The zero-order chi connectivity index (χ0) is 7.33. The molecule has 56 valence electrons.